The van der Waals surface area contributed by atoms with Gasteiger partial charge in [0.25, 0.3) is 5.91 Å². The number of likely N-dealkylation sites (tertiary alicyclic amines) is 1. The first kappa shape index (κ1) is 21.0. The number of halogens is 1. The van der Waals surface area contributed by atoms with E-state index in [1.54, 1.807) is 12.1 Å². The van der Waals surface area contributed by atoms with E-state index in [2.05, 4.69) is 20.7 Å². The zero-order valence-corrected chi connectivity index (χ0v) is 18.0. The number of nitrogens with zero attached hydrogens (tertiary/aromatic N) is 1. The second-order valence-electron chi connectivity index (χ2n) is 6.63. The number of methoxy groups -OCH3 is 1. The lowest BCUT2D eigenvalue weighted by Crippen LogP contribution is -2.31. The van der Waals surface area contributed by atoms with Crippen molar-refractivity contribution in [3.05, 3.63) is 64.1 Å². The Kier molecular flexibility index (Phi) is 6.87. The number of hydrogen-bond donors (Lipinski definition) is 1. The number of carbonyl (C=O) groups excluding carboxylic acids is 1. The lowest BCUT2D eigenvalue weighted by atomic mass is 10.0. The molecule has 1 aliphatic heterocycles. The summed E-state index contributed by atoms with van der Waals surface area (Å²) in [6.45, 7) is 1.11. The van der Waals surface area contributed by atoms with Crippen molar-refractivity contribution in [1.29, 1.82) is 0 Å². The predicted molar refractivity (Wildman–Crippen MR) is 111 cm³/mol. The first-order valence-corrected chi connectivity index (χ1v) is 11.3. The van der Waals surface area contributed by atoms with Crippen molar-refractivity contribution in [2.75, 3.05) is 26.8 Å². The average Bonchev–Trinajstić information content (AvgIpc) is 3.18. The van der Waals surface area contributed by atoms with Gasteiger partial charge >= 0.3 is 0 Å². The van der Waals surface area contributed by atoms with Gasteiger partial charge in [-0.2, -0.15) is 0 Å². The second kappa shape index (κ2) is 9.17. The number of carbonyl (C=O) groups is 1. The fourth-order valence-electron chi connectivity index (χ4n) is 3.36. The largest absolute Gasteiger partial charge is 0.383 e. The zero-order valence-electron chi connectivity index (χ0n) is 15.6. The van der Waals surface area contributed by atoms with Crippen molar-refractivity contribution in [3.8, 4) is 0 Å². The van der Waals surface area contributed by atoms with Crippen molar-refractivity contribution in [2.45, 2.75) is 23.8 Å². The Hall–Kier alpha value is -1.74. The van der Waals surface area contributed by atoms with E-state index < -0.39 is 10.0 Å². The fraction of sp³-hybridized carbons (Fsp3) is 0.350. The number of hydrogen-bond acceptors (Lipinski definition) is 4. The van der Waals surface area contributed by atoms with E-state index in [1.807, 2.05) is 29.2 Å². The summed E-state index contributed by atoms with van der Waals surface area (Å²) in [7, 11) is -2.18. The molecule has 0 saturated carbocycles. The standard InChI is InChI=1S/C20H23BrN2O4S/c1-27-13-11-22-28(25,26)18-5-2-4-16(14-18)20(24)23-12-3-6-19(23)15-7-9-17(21)10-8-15/h2,4-5,7-10,14,19,22H,3,6,11-13H2,1H3. The minimum atomic E-state index is -3.69. The maximum atomic E-state index is 13.1. The molecule has 0 radical (unpaired) electrons. The van der Waals surface area contributed by atoms with E-state index in [0.717, 1.165) is 22.9 Å². The molecule has 0 bridgehead atoms. The number of nitrogens with one attached hydrogen (secondary N) is 1. The highest BCUT2D eigenvalue weighted by atomic mass is 79.9. The molecule has 1 aliphatic rings. The SMILES string of the molecule is COCCNS(=O)(=O)c1cccc(C(=O)N2CCCC2c2ccc(Br)cc2)c1. The summed E-state index contributed by atoms with van der Waals surface area (Å²) in [6, 6.07) is 14.2. The van der Waals surface area contributed by atoms with E-state index in [0.29, 0.717) is 12.1 Å². The quantitative estimate of drug-likeness (QED) is 0.634. The summed E-state index contributed by atoms with van der Waals surface area (Å²) in [4.78, 5) is 15.0. The molecule has 150 valence electrons. The van der Waals surface area contributed by atoms with Gasteiger partial charge < -0.3 is 9.64 Å². The third-order valence-electron chi connectivity index (χ3n) is 4.76. The Bertz CT molecular complexity index is 931. The lowest BCUT2D eigenvalue weighted by molar-refractivity contribution is 0.0735. The first-order chi connectivity index (χ1) is 13.4. The van der Waals surface area contributed by atoms with Crippen LogP contribution in [0.1, 0.15) is 34.8 Å². The molecule has 0 aliphatic carbocycles. The van der Waals surface area contributed by atoms with Crippen LogP contribution in [0.5, 0.6) is 0 Å². The van der Waals surface area contributed by atoms with Gasteiger partial charge in [0.05, 0.1) is 17.5 Å². The smallest absolute Gasteiger partial charge is 0.254 e. The van der Waals surface area contributed by atoms with Crippen LogP contribution in [-0.4, -0.2) is 46.0 Å². The molecule has 1 heterocycles. The molecule has 1 atom stereocenters. The fourth-order valence-corrected chi connectivity index (χ4v) is 4.69. The third kappa shape index (κ3) is 4.81. The van der Waals surface area contributed by atoms with Crippen LogP contribution >= 0.6 is 15.9 Å². The van der Waals surface area contributed by atoms with Gasteiger partial charge in [-0.25, -0.2) is 13.1 Å². The molecule has 0 aromatic heterocycles. The Labute approximate surface area is 174 Å². The Morgan fingerprint density at radius 2 is 2.00 bits per heavy atom. The van der Waals surface area contributed by atoms with Gasteiger partial charge in [-0.15, -0.1) is 0 Å². The van der Waals surface area contributed by atoms with E-state index in [4.69, 9.17) is 4.74 Å². The maximum Gasteiger partial charge on any atom is 0.254 e. The van der Waals surface area contributed by atoms with Gasteiger partial charge in [-0.05, 0) is 48.7 Å². The average molecular weight is 467 g/mol. The lowest BCUT2D eigenvalue weighted by Gasteiger charge is -2.25. The number of benzene rings is 2. The van der Waals surface area contributed by atoms with Crippen LogP contribution < -0.4 is 4.72 Å². The third-order valence-corrected chi connectivity index (χ3v) is 6.75. The van der Waals surface area contributed by atoms with E-state index >= 15 is 0 Å². The number of amides is 1. The highest BCUT2D eigenvalue weighted by Gasteiger charge is 2.31. The highest BCUT2D eigenvalue weighted by molar-refractivity contribution is 9.10. The molecule has 1 amide bonds. The summed E-state index contributed by atoms with van der Waals surface area (Å²) >= 11 is 3.43. The minimum absolute atomic E-state index is 0.000640. The van der Waals surface area contributed by atoms with Gasteiger partial charge in [0.15, 0.2) is 0 Å². The van der Waals surface area contributed by atoms with Crippen molar-refractivity contribution in [3.63, 3.8) is 0 Å². The minimum Gasteiger partial charge on any atom is -0.383 e. The zero-order chi connectivity index (χ0) is 20.1. The van der Waals surface area contributed by atoms with Crippen LogP contribution in [0.15, 0.2) is 57.9 Å². The van der Waals surface area contributed by atoms with Gasteiger partial charge in [-0.1, -0.05) is 34.1 Å². The van der Waals surface area contributed by atoms with E-state index in [9.17, 15) is 13.2 Å². The molecule has 2 aromatic rings. The molecule has 8 heteroatoms. The van der Waals surface area contributed by atoms with E-state index in [1.165, 1.54) is 19.2 Å². The van der Waals surface area contributed by atoms with Crippen LogP contribution in [0.3, 0.4) is 0 Å². The number of sulfonamides is 1. The van der Waals surface area contributed by atoms with Crippen LogP contribution in [0.25, 0.3) is 0 Å². The van der Waals surface area contributed by atoms with Crippen molar-refractivity contribution >= 4 is 31.9 Å². The summed E-state index contributed by atoms with van der Waals surface area (Å²) in [6.07, 6.45) is 1.81. The molecule has 2 aromatic carbocycles. The summed E-state index contributed by atoms with van der Waals surface area (Å²) in [5.74, 6) is -0.153. The Balaban J connectivity index is 1.81. The van der Waals surface area contributed by atoms with Crippen LogP contribution in [-0.2, 0) is 14.8 Å². The Morgan fingerprint density at radius 1 is 1.25 bits per heavy atom. The summed E-state index contributed by atoms with van der Waals surface area (Å²) in [5, 5.41) is 0. The van der Waals surface area contributed by atoms with Gasteiger partial charge in [0.1, 0.15) is 0 Å². The topological polar surface area (TPSA) is 75.7 Å². The molecule has 0 spiro atoms. The predicted octanol–water partition coefficient (Wildman–Crippen LogP) is 3.35. The number of rotatable bonds is 7. The number of ether oxygens (including phenoxy) is 1. The second-order valence-corrected chi connectivity index (χ2v) is 9.31. The van der Waals surface area contributed by atoms with Crippen LogP contribution in [0, 0.1) is 0 Å². The van der Waals surface area contributed by atoms with Gasteiger partial charge in [0.2, 0.25) is 10.0 Å². The Morgan fingerprint density at radius 3 is 2.71 bits per heavy atom. The molecule has 6 nitrogen and oxygen atoms in total. The highest BCUT2D eigenvalue weighted by Crippen LogP contribution is 2.33. The molecule has 3 rings (SSSR count). The molecule has 1 fully saturated rings. The van der Waals surface area contributed by atoms with Crippen molar-refractivity contribution < 1.29 is 17.9 Å². The molecule has 1 unspecified atom stereocenters. The van der Waals surface area contributed by atoms with Crippen molar-refractivity contribution in [2.24, 2.45) is 0 Å². The van der Waals surface area contributed by atoms with Gasteiger partial charge in [-0.3, -0.25) is 4.79 Å². The van der Waals surface area contributed by atoms with Crippen LogP contribution in [0.2, 0.25) is 0 Å². The summed E-state index contributed by atoms with van der Waals surface area (Å²) < 4.78 is 33.2. The van der Waals surface area contributed by atoms with Crippen LogP contribution in [0.4, 0.5) is 0 Å². The molecule has 1 saturated heterocycles. The normalized spacial score (nSPS) is 17.1. The van der Waals surface area contributed by atoms with E-state index in [-0.39, 0.29) is 30.0 Å². The first-order valence-electron chi connectivity index (χ1n) is 9.07. The monoisotopic (exact) mass is 466 g/mol. The van der Waals surface area contributed by atoms with Crippen molar-refractivity contribution in [1.82, 2.24) is 9.62 Å². The molecule has 28 heavy (non-hydrogen) atoms. The molecular formula is C20H23BrN2O4S. The molecular weight excluding hydrogens is 444 g/mol. The maximum absolute atomic E-state index is 13.1. The molecule has 1 N–H and O–H groups in total. The summed E-state index contributed by atoms with van der Waals surface area (Å²) in [5.41, 5.74) is 1.46. The van der Waals surface area contributed by atoms with Gasteiger partial charge in [0, 0.05) is 30.2 Å².